The lowest BCUT2D eigenvalue weighted by atomic mass is 10.1. The average molecular weight is 357 g/mol. The molecular weight excluding hydrogens is 340 g/mol. The van der Waals surface area contributed by atoms with Crippen molar-refractivity contribution < 1.29 is 9.53 Å². The van der Waals surface area contributed by atoms with Crippen LogP contribution in [0.4, 0.5) is 0 Å². The van der Waals surface area contributed by atoms with Crippen LogP contribution in [0, 0.1) is 13.8 Å². The molecular formula is C19H17ClN2O3. The van der Waals surface area contributed by atoms with E-state index in [0.29, 0.717) is 21.7 Å². The highest BCUT2D eigenvalue weighted by Gasteiger charge is 2.11. The van der Waals surface area contributed by atoms with Crippen LogP contribution < -0.4 is 10.3 Å². The molecule has 1 heterocycles. The second-order valence-corrected chi connectivity index (χ2v) is 6.28. The first-order chi connectivity index (χ1) is 12.0. The van der Waals surface area contributed by atoms with E-state index >= 15 is 0 Å². The number of hydrogen-bond donors (Lipinski definition) is 0. The fourth-order valence-electron chi connectivity index (χ4n) is 2.57. The van der Waals surface area contributed by atoms with Crippen LogP contribution in [0.15, 0.2) is 47.5 Å². The third kappa shape index (κ3) is 3.72. The van der Waals surface area contributed by atoms with Crippen LogP contribution in [0.5, 0.6) is 5.75 Å². The number of nitrogens with zero attached hydrogens (tertiary/aromatic N) is 2. The molecule has 0 saturated heterocycles. The molecule has 25 heavy (non-hydrogen) atoms. The number of carbonyl (C=O) groups is 1. The van der Waals surface area contributed by atoms with Gasteiger partial charge >= 0.3 is 5.97 Å². The number of carbonyl (C=O) groups excluding carboxylic acids is 1. The topological polar surface area (TPSA) is 61.2 Å². The van der Waals surface area contributed by atoms with Crippen molar-refractivity contribution in [3.05, 3.63) is 69.2 Å². The number of aryl methyl sites for hydroxylation is 3. The number of hydrogen-bond acceptors (Lipinski definition) is 4. The molecule has 0 radical (unpaired) electrons. The SMILES string of the molecule is Cc1ccc(Cl)c(OC(=O)CCn2cnc3c(C)cccc3c2=O)c1. The van der Waals surface area contributed by atoms with Gasteiger partial charge in [-0.3, -0.25) is 14.2 Å². The minimum Gasteiger partial charge on any atom is -0.425 e. The number of ether oxygens (including phenoxy) is 1. The third-order valence-corrected chi connectivity index (χ3v) is 4.23. The smallest absolute Gasteiger partial charge is 0.313 e. The molecule has 5 nitrogen and oxygen atoms in total. The van der Waals surface area contributed by atoms with Crippen LogP contribution in [-0.2, 0) is 11.3 Å². The van der Waals surface area contributed by atoms with E-state index in [1.165, 1.54) is 10.9 Å². The maximum absolute atomic E-state index is 12.5. The van der Waals surface area contributed by atoms with E-state index in [-0.39, 0.29) is 18.5 Å². The van der Waals surface area contributed by atoms with Crippen molar-refractivity contribution in [2.24, 2.45) is 0 Å². The van der Waals surface area contributed by atoms with E-state index in [0.717, 1.165) is 11.1 Å². The van der Waals surface area contributed by atoms with Gasteiger partial charge in [-0.1, -0.05) is 29.8 Å². The summed E-state index contributed by atoms with van der Waals surface area (Å²) >= 11 is 6.02. The van der Waals surface area contributed by atoms with Crippen molar-refractivity contribution in [2.45, 2.75) is 26.8 Å². The van der Waals surface area contributed by atoms with Crippen molar-refractivity contribution in [1.82, 2.24) is 9.55 Å². The minimum atomic E-state index is -0.455. The monoisotopic (exact) mass is 356 g/mol. The van der Waals surface area contributed by atoms with E-state index < -0.39 is 5.97 Å². The fraction of sp³-hybridized carbons (Fsp3) is 0.211. The normalized spacial score (nSPS) is 10.8. The maximum atomic E-state index is 12.5. The largest absolute Gasteiger partial charge is 0.425 e. The van der Waals surface area contributed by atoms with Gasteiger partial charge in [0.2, 0.25) is 0 Å². The molecule has 0 aliphatic heterocycles. The van der Waals surface area contributed by atoms with Crippen molar-refractivity contribution in [3.63, 3.8) is 0 Å². The molecule has 1 aromatic heterocycles. The van der Waals surface area contributed by atoms with Crippen LogP contribution in [0.2, 0.25) is 5.02 Å². The third-order valence-electron chi connectivity index (χ3n) is 3.92. The molecule has 0 N–H and O–H groups in total. The van der Waals surface area contributed by atoms with Gasteiger partial charge in [0.1, 0.15) is 5.75 Å². The molecule has 0 unspecified atom stereocenters. The first kappa shape index (κ1) is 17.2. The molecule has 0 spiro atoms. The van der Waals surface area contributed by atoms with E-state index in [1.54, 1.807) is 18.2 Å². The molecule has 0 amide bonds. The standard InChI is InChI=1S/C19H17ClN2O3/c1-12-6-7-15(20)16(10-12)25-17(23)8-9-22-11-21-18-13(2)4-3-5-14(18)19(22)24/h3-7,10-11H,8-9H2,1-2H3. The van der Waals surface area contributed by atoms with E-state index in [2.05, 4.69) is 4.98 Å². The Hall–Kier alpha value is -2.66. The summed E-state index contributed by atoms with van der Waals surface area (Å²) in [6, 6.07) is 10.7. The van der Waals surface area contributed by atoms with Crippen molar-refractivity contribution in [1.29, 1.82) is 0 Å². The highest BCUT2D eigenvalue weighted by atomic mass is 35.5. The number of aromatic nitrogens is 2. The zero-order valence-corrected chi connectivity index (χ0v) is 14.7. The van der Waals surface area contributed by atoms with Crippen molar-refractivity contribution in [3.8, 4) is 5.75 Å². The molecule has 3 aromatic rings. The second kappa shape index (κ2) is 7.07. The Morgan fingerprint density at radius 3 is 2.84 bits per heavy atom. The van der Waals surface area contributed by atoms with Crippen LogP contribution in [-0.4, -0.2) is 15.5 Å². The van der Waals surface area contributed by atoms with Crippen LogP contribution >= 0.6 is 11.6 Å². The van der Waals surface area contributed by atoms with Gasteiger partial charge < -0.3 is 4.74 Å². The van der Waals surface area contributed by atoms with Gasteiger partial charge in [0.15, 0.2) is 0 Å². The zero-order chi connectivity index (χ0) is 18.0. The molecule has 3 rings (SSSR count). The minimum absolute atomic E-state index is 0.0448. The first-order valence-corrected chi connectivity index (χ1v) is 8.25. The predicted molar refractivity (Wildman–Crippen MR) is 97.2 cm³/mol. The van der Waals surface area contributed by atoms with E-state index in [1.807, 2.05) is 32.0 Å². The summed E-state index contributed by atoms with van der Waals surface area (Å²) < 4.78 is 6.71. The van der Waals surface area contributed by atoms with E-state index in [9.17, 15) is 9.59 Å². The Labute approximate surface area is 149 Å². The summed E-state index contributed by atoms with van der Waals surface area (Å²) in [5.41, 5.74) is 2.39. The van der Waals surface area contributed by atoms with Gasteiger partial charge in [-0.2, -0.15) is 0 Å². The van der Waals surface area contributed by atoms with Gasteiger partial charge in [-0.15, -0.1) is 0 Å². The van der Waals surface area contributed by atoms with Gasteiger partial charge in [-0.25, -0.2) is 4.98 Å². The molecule has 0 aliphatic carbocycles. The lowest BCUT2D eigenvalue weighted by molar-refractivity contribution is -0.134. The summed E-state index contributed by atoms with van der Waals surface area (Å²) in [4.78, 5) is 28.9. The molecule has 2 aromatic carbocycles. The van der Waals surface area contributed by atoms with E-state index in [4.69, 9.17) is 16.3 Å². The van der Waals surface area contributed by atoms with Crippen molar-refractivity contribution in [2.75, 3.05) is 0 Å². The van der Waals surface area contributed by atoms with Crippen LogP contribution in [0.25, 0.3) is 10.9 Å². The zero-order valence-electron chi connectivity index (χ0n) is 14.0. The van der Waals surface area contributed by atoms with Gasteiger partial charge in [0.05, 0.1) is 28.7 Å². The Kier molecular flexibility index (Phi) is 4.86. The van der Waals surface area contributed by atoms with Gasteiger partial charge in [0, 0.05) is 6.54 Å². The quantitative estimate of drug-likeness (QED) is 0.528. The predicted octanol–water partition coefficient (Wildman–Crippen LogP) is 3.66. The fourth-order valence-corrected chi connectivity index (χ4v) is 2.73. The number of rotatable bonds is 4. The molecule has 128 valence electrons. The Bertz CT molecular complexity index is 1010. The van der Waals surface area contributed by atoms with Crippen LogP contribution in [0.3, 0.4) is 0 Å². The highest BCUT2D eigenvalue weighted by Crippen LogP contribution is 2.25. The lowest BCUT2D eigenvalue weighted by Gasteiger charge is -2.09. The Morgan fingerprint density at radius 2 is 2.04 bits per heavy atom. The number of para-hydroxylation sites is 1. The number of fused-ring (bicyclic) bond motifs is 1. The van der Waals surface area contributed by atoms with Crippen molar-refractivity contribution >= 4 is 28.5 Å². The second-order valence-electron chi connectivity index (χ2n) is 5.87. The summed E-state index contributed by atoms with van der Waals surface area (Å²) in [5, 5.41) is 0.913. The number of halogens is 1. The lowest BCUT2D eigenvalue weighted by Crippen LogP contribution is -2.23. The number of benzene rings is 2. The summed E-state index contributed by atoms with van der Waals surface area (Å²) in [6.45, 7) is 3.98. The molecule has 0 atom stereocenters. The molecule has 6 heteroatoms. The Morgan fingerprint density at radius 1 is 1.24 bits per heavy atom. The average Bonchev–Trinajstić information content (AvgIpc) is 2.58. The number of esters is 1. The maximum Gasteiger partial charge on any atom is 0.313 e. The molecule has 0 aliphatic rings. The summed E-state index contributed by atoms with van der Waals surface area (Å²) in [5.74, 6) is -0.130. The first-order valence-electron chi connectivity index (χ1n) is 7.87. The Balaban J connectivity index is 1.74. The van der Waals surface area contributed by atoms with Gasteiger partial charge in [-0.05, 0) is 43.2 Å². The highest BCUT2D eigenvalue weighted by molar-refractivity contribution is 6.32. The van der Waals surface area contributed by atoms with Crippen LogP contribution in [0.1, 0.15) is 17.5 Å². The summed E-state index contributed by atoms with van der Waals surface area (Å²) in [6.07, 6.45) is 1.51. The molecule has 0 fully saturated rings. The summed E-state index contributed by atoms with van der Waals surface area (Å²) in [7, 11) is 0. The van der Waals surface area contributed by atoms with Gasteiger partial charge in [0.25, 0.3) is 5.56 Å². The molecule has 0 bridgehead atoms. The molecule has 0 saturated carbocycles.